The third-order valence-electron chi connectivity index (χ3n) is 3.71. The topological polar surface area (TPSA) is 83.0 Å². The molecule has 3 atom stereocenters. The van der Waals surface area contributed by atoms with Gasteiger partial charge in [0.1, 0.15) is 0 Å². The standard InChI is InChI=1S/C13H18N2O3S/c1-2-8-3-4-9(12(17)18)10(7-8)19-13-14-6-5-11(16)15-13/h5-6,8-10H,2-4,7H2,1H3,(H,17,18)(H,14,15,16). The molecular weight excluding hydrogens is 264 g/mol. The summed E-state index contributed by atoms with van der Waals surface area (Å²) in [5.41, 5.74) is -0.202. The van der Waals surface area contributed by atoms with Crippen molar-refractivity contribution in [1.29, 1.82) is 0 Å². The van der Waals surface area contributed by atoms with E-state index in [-0.39, 0.29) is 16.7 Å². The van der Waals surface area contributed by atoms with E-state index in [0.29, 0.717) is 17.5 Å². The molecule has 0 radical (unpaired) electrons. The van der Waals surface area contributed by atoms with Crippen LogP contribution in [0.3, 0.4) is 0 Å². The number of hydrogen-bond acceptors (Lipinski definition) is 4. The van der Waals surface area contributed by atoms with Gasteiger partial charge in [-0.25, -0.2) is 4.98 Å². The Morgan fingerprint density at radius 2 is 2.37 bits per heavy atom. The summed E-state index contributed by atoms with van der Waals surface area (Å²) in [4.78, 5) is 29.3. The van der Waals surface area contributed by atoms with Crippen LogP contribution in [0.5, 0.6) is 0 Å². The van der Waals surface area contributed by atoms with Gasteiger partial charge in [0.2, 0.25) is 0 Å². The van der Waals surface area contributed by atoms with Crippen LogP contribution in [0.25, 0.3) is 0 Å². The molecule has 5 nitrogen and oxygen atoms in total. The van der Waals surface area contributed by atoms with Gasteiger partial charge < -0.3 is 10.1 Å². The first-order valence-electron chi connectivity index (χ1n) is 6.55. The number of nitrogens with zero attached hydrogens (tertiary/aromatic N) is 1. The van der Waals surface area contributed by atoms with Crippen molar-refractivity contribution in [1.82, 2.24) is 9.97 Å². The van der Waals surface area contributed by atoms with E-state index >= 15 is 0 Å². The number of carbonyl (C=O) groups is 1. The summed E-state index contributed by atoms with van der Waals surface area (Å²) in [5.74, 6) is -0.521. The van der Waals surface area contributed by atoms with Gasteiger partial charge in [0.05, 0.1) is 5.92 Å². The maximum atomic E-state index is 11.3. The summed E-state index contributed by atoms with van der Waals surface area (Å²) in [6.45, 7) is 2.14. The van der Waals surface area contributed by atoms with Gasteiger partial charge in [-0.05, 0) is 25.2 Å². The number of carboxylic acids is 1. The van der Waals surface area contributed by atoms with Crippen molar-refractivity contribution < 1.29 is 9.90 Å². The molecule has 1 heterocycles. The normalized spacial score (nSPS) is 27.1. The molecule has 0 bridgehead atoms. The van der Waals surface area contributed by atoms with Gasteiger partial charge in [-0.15, -0.1) is 0 Å². The van der Waals surface area contributed by atoms with Gasteiger partial charge in [-0.2, -0.15) is 0 Å². The predicted molar refractivity (Wildman–Crippen MR) is 73.3 cm³/mol. The molecule has 0 amide bonds. The number of nitrogens with one attached hydrogen (secondary N) is 1. The van der Waals surface area contributed by atoms with Crippen LogP contribution >= 0.6 is 11.8 Å². The smallest absolute Gasteiger partial charge is 0.307 e. The number of H-pyrrole nitrogens is 1. The zero-order valence-corrected chi connectivity index (χ0v) is 11.7. The summed E-state index contributed by atoms with van der Waals surface area (Å²) in [6, 6.07) is 1.36. The largest absolute Gasteiger partial charge is 0.481 e. The molecule has 1 aromatic rings. The van der Waals surface area contributed by atoms with Crippen LogP contribution in [-0.2, 0) is 4.79 Å². The van der Waals surface area contributed by atoms with Gasteiger partial charge in [0, 0.05) is 17.5 Å². The fourth-order valence-electron chi connectivity index (χ4n) is 2.55. The molecule has 1 aromatic heterocycles. The summed E-state index contributed by atoms with van der Waals surface area (Å²) in [7, 11) is 0. The molecule has 1 aliphatic carbocycles. The first-order chi connectivity index (χ1) is 9.10. The second kappa shape index (κ2) is 6.23. The lowest BCUT2D eigenvalue weighted by molar-refractivity contribution is -0.142. The number of aromatic amines is 1. The van der Waals surface area contributed by atoms with Gasteiger partial charge in [0.25, 0.3) is 5.56 Å². The third-order valence-corrected chi connectivity index (χ3v) is 4.96. The molecular formula is C13H18N2O3S. The van der Waals surface area contributed by atoms with E-state index < -0.39 is 5.97 Å². The number of aromatic nitrogens is 2. The van der Waals surface area contributed by atoms with Crippen molar-refractivity contribution >= 4 is 17.7 Å². The van der Waals surface area contributed by atoms with Crippen LogP contribution in [0.15, 0.2) is 22.2 Å². The Bertz CT molecular complexity index is 503. The molecule has 0 saturated heterocycles. The second-order valence-corrected chi connectivity index (χ2v) is 6.16. The van der Waals surface area contributed by atoms with E-state index in [0.717, 1.165) is 19.3 Å². The number of aliphatic carboxylic acids is 1. The number of rotatable bonds is 4. The Balaban J connectivity index is 2.13. The minimum atomic E-state index is -0.745. The average Bonchev–Trinajstić information content (AvgIpc) is 2.38. The molecule has 0 aliphatic heterocycles. The van der Waals surface area contributed by atoms with Gasteiger partial charge in [-0.3, -0.25) is 9.59 Å². The molecule has 2 rings (SSSR count). The molecule has 104 valence electrons. The molecule has 2 N–H and O–H groups in total. The average molecular weight is 282 g/mol. The molecule has 1 aliphatic rings. The Hall–Kier alpha value is -1.30. The van der Waals surface area contributed by atoms with E-state index in [4.69, 9.17) is 0 Å². The van der Waals surface area contributed by atoms with Crippen LogP contribution < -0.4 is 5.56 Å². The molecule has 3 unspecified atom stereocenters. The van der Waals surface area contributed by atoms with Crippen molar-refractivity contribution in [3.05, 3.63) is 22.6 Å². The van der Waals surface area contributed by atoms with Crippen molar-refractivity contribution in [3.8, 4) is 0 Å². The van der Waals surface area contributed by atoms with Crippen LogP contribution in [0.1, 0.15) is 32.6 Å². The van der Waals surface area contributed by atoms with E-state index in [1.807, 2.05) is 0 Å². The van der Waals surface area contributed by atoms with Crippen LogP contribution in [0.4, 0.5) is 0 Å². The number of thioether (sulfide) groups is 1. The zero-order chi connectivity index (χ0) is 13.8. The molecule has 19 heavy (non-hydrogen) atoms. The lowest BCUT2D eigenvalue weighted by Crippen LogP contribution is -2.33. The first kappa shape index (κ1) is 14.1. The van der Waals surface area contributed by atoms with Crippen LogP contribution in [-0.4, -0.2) is 26.3 Å². The second-order valence-electron chi connectivity index (χ2n) is 4.93. The molecule has 1 saturated carbocycles. The van der Waals surface area contributed by atoms with Crippen molar-refractivity contribution in [2.45, 2.75) is 43.0 Å². The lowest BCUT2D eigenvalue weighted by atomic mass is 9.80. The van der Waals surface area contributed by atoms with E-state index in [9.17, 15) is 14.7 Å². The minimum Gasteiger partial charge on any atom is -0.481 e. The SMILES string of the molecule is CCC1CCC(C(=O)O)C(Sc2nccc(=O)[nH]2)C1. The highest BCUT2D eigenvalue weighted by molar-refractivity contribution is 7.99. The Kier molecular flexibility index (Phi) is 4.63. The maximum Gasteiger partial charge on any atom is 0.307 e. The van der Waals surface area contributed by atoms with Gasteiger partial charge >= 0.3 is 5.97 Å². The quantitative estimate of drug-likeness (QED) is 0.827. The lowest BCUT2D eigenvalue weighted by Gasteiger charge is -2.32. The third kappa shape index (κ3) is 3.59. The van der Waals surface area contributed by atoms with Crippen molar-refractivity contribution in [2.24, 2.45) is 11.8 Å². The highest BCUT2D eigenvalue weighted by Crippen LogP contribution is 2.39. The van der Waals surface area contributed by atoms with Crippen molar-refractivity contribution in [3.63, 3.8) is 0 Å². The van der Waals surface area contributed by atoms with E-state index in [1.165, 1.54) is 24.0 Å². The number of carboxylic acid groups (broad SMARTS) is 1. The van der Waals surface area contributed by atoms with Crippen molar-refractivity contribution in [2.75, 3.05) is 0 Å². The Labute approximate surface area is 115 Å². The summed E-state index contributed by atoms with van der Waals surface area (Å²) < 4.78 is 0. The zero-order valence-electron chi connectivity index (χ0n) is 10.8. The molecule has 0 aromatic carbocycles. The fourth-order valence-corrected chi connectivity index (χ4v) is 3.90. The fraction of sp³-hybridized carbons (Fsp3) is 0.615. The summed E-state index contributed by atoms with van der Waals surface area (Å²) in [6.07, 6.45) is 5.09. The minimum absolute atomic E-state index is 0.0123. The Morgan fingerprint density at radius 1 is 1.58 bits per heavy atom. The Morgan fingerprint density at radius 3 is 3.00 bits per heavy atom. The summed E-state index contributed by atoms with van der Waals surface area (Å²) >= 11 is 1.39. The van der Waals surface area contributed by atoms with Gasteiger partial charge in [0.15, 0.2) is 5.16 Å². The first-order valence-corrected chi connectivity index (χ1v) is 7.43. The predicted octanol–water partition coefficient (Wildman–Crippen LogP) is 2.14. The molecule has 6 heteroatoms. The molecule has 0 spiro atoms. The van der Waals surface area contributed by atoms with E-state index in [1.54, 1.807) is 0 Å². The maximum absolute atomic E-state index is 11.3. The molecule has 1 fully saturated rings. The summed E-state index contributed by atoms with van der Waals surface area (Å²) in [5, 5.41) is 9.80. The number of hydrogen-bond donors (Lipinski definition) is 2. The van der Waals surface area contributed by atoms with Crippen LogP contribution in [0, 0.1) is 11.8 Å². The van der Waals surface area contributed by atoms with Crippen LogP contribution in [0.2, 0.25) is 0 Å². The van der Waals surface area contributed by atoms with Gasteiger partial charge in [-0.1, -0.05) is 25.1 Å². The van der Waals surface area contributed by atoms with E-state index in [2.05, 4.69) is 16.9 Å². The monoisotopic (exact) mass is 282 g/mol. The highest BCUT2D eigenvalue weighted by atomic mass is 32.2. The highest BCUT2D eigenvalue weighted by Gasteiger charge is 2.35.